The number of carbonyl (C=O) groups excluding carboxylic acids is 1. The van der Waals surface area contributed by atoms with Gasteiger partial charge in [-0.25, -0.2) is 13.2 Å². The van der Waals surface area contributed by atoms with E-state index >= 15 is 0 Å². The van der Waals surface area contributed by atoms with Gasteiger partial charge in [0.15, 0.2) is 9.84 Å². The average molecular weight is 405 g/mol. The summed E-state index contributed by atoms with van der Waals surface area (Å²) >= 11 is 6.08. The molecule has 2 aromatic carbocycles. The van der Waals surface area contributed by atoms with Crippen LogP contribution in [0.5, 0.6) is 0 Å². The fraction of sp³-hybridized carbons (Fsp3) is 0.350. The second-order valence-electron chi connectivity index (χ2n) is 7.41. The third kappa shape index (κ3) is 3.32. The van der Waals surface area contributed by atoms with Crippen molar-refractivity contribution in [3.05, 3.63) is 64.2 Å². The maximum atomic E-state index is 13.3. The average Bonchev–Trinajstić information content (AvgIpc) is 3.01. The van der Waals surface area contributed by atoms with Crippen molar-refractivity contribution in [1.29, 1.82) is 0 Å². The van der Waals surface area contributed by atoms with E-state index in [0.29, 0.717) is 11.6 Å². The highest BCUT2D eigenvalue weighted by atomic mass is 35.5. The van der Waals surface area contributed by atoms with Crippen molar-refractivity contribution in [1.82, 2.24) is 4.90 Å². The van der Waals surface area contributed by atoms with Crippen molar-refractivity contribution in [2.45, 2.75) is 32.5 Å². The summed E-state index contributed by atoms with van der Waals surface area (Å²) in [6.07, 6.45) is 0. The van der Waals surface area contributed by atoms with Gasteiger partial charge in [-0.3, -0.25) is 4.90 Å². The zero-order valence-corrected chi connectivity index (χ0v) is 16.8. The zero-order chi connectivity index (χ0) is 19.3. The second-order valence-corrected chi connectivity index (χ2v) is 10.0. The van der Waals surface area contributed by atoms with Crippen molar-refractivity contribution in [2.24, 2.45) is 0 Å². The van der Waals surface area contributed by atoms with Crippen molar-refractivity contribution in [3.8, 4) is 0 Å². The Bertz CT molecular complexity index is 1020. The Labute approximate surface area is 164 Å². The molecule has 2 aliphatic rings. The summed E-state index contributed by atoms with van der Waals surface area (Å²) in [7, 11) is -3.19. The van der Waals surface area contributed by atoms with Gasteiger partial charge < -0.3 is 4.90 Å². The van der Waals surface area contributed by atoms with Gasteiger partial charge in [0.1, 0.15) is 0 Å². The number of anilines is 1. The Hall–Kier alpha value is -2.05. The molecule has 2 amide bonds. The van der Waals surface area contributed by atoms with Crippen LogP contribution in [0.3, 0.4) is 0 Å². The second kappa shape index (κ2) is 6.53. The molecule has 2 saturated heterocycles. The molecular weight excluding hydrogens is 384 g/mol. The molecule has 0 spiro atoms. The molecule has 0 saturated carbocycles. The topological polar surface area (TPSA) is 57.7 Å². The Balaban J connectivity index is 1.75. The van der Waals surface area contributed by atoms with E-state index in [1.54, 1.807) is 15.9 Å². The lowest BCUT2D eigenvalue weighted by atomic mass is 10.1. The first-order chi connectivity index (χ1) is 12.7. The number of rotatable bonds is 3. The van der Waals surface area contributed by atoms with E-state index in [9.17, 15) is 13.2 Å². The van der Waals surface area contributed by atoms with Crippen LogP contribution in [-0.2, 0) is 16.4 Å². The summed E-state index contributed by atoms with van der Waals surface area (Å²) in [4.78, 5) is 16.7. The van der Waals surface area contributed by atoms with E-state index in [-0.39, 0.29) is 29.6 Å². The molecule has 7 heteroatoms. The van der Waals surface area contributed by atoms with Crippen LogP contribution in [-0.4, -0.2) is 42.9 Å². The van der Waals surface area contributed by atoms with Gasteiger partial charge in [-0.2, -0.15) is 0 Å². The van der Waals surface area contributed by atoms with E-state index in [4.69, 9.17) is 11.6 Å². The Kier molecular flexibility index (Phi) is 4.43. The molecule has 0 radical (unpaired) electrons. The van der Waals surface area contributed by atoms with Crippen molar-refractivity contribution < 1.29 is 13.2 Å². The molecule has 2 heterocycles. The Morgan fingerprint density at radius 3 is 2.56 bits per heavy atom. The number of benzene rings is 2. The quantitative estimate of drug-likeness (QED) is 0.735. The van der Waals surface area contributed by atoms with E-state index in [0.717, 1.165) is 22.4 Å². The minimum Gasteiger partial charge on any atom is -0.314 e. The minimum absolute atomic E-state index is 0.00281. The number of hydrogen-bond acceptors (Lipinski definition) is 3. The highest BCUT2D eigenvalue weighted by Crippen LogP contribution is 2.37. The van der Waals surface area contributed by atoms with Crippen molar-refractivity contribution in [3.63, 3.8) is 0 Å². The fourth-order valence-corrected chi connectivity index (χ4v) is 6.22. The van der Waals surface area contributed by atoms with E-state index < -0.39 is 9.84 Å². The Morgan fingerprint density at radius 1 is 1.07 bits per heavy atom. The maximum Gasteiger partial charge on any atom is 0.325 e. The van der Waals surface area contributed by atoms with Gasteiger partial charge in [0, 0.05) is 17.3 Å². The van der Waals surface area contributed by atoms with Gasteiger partial charge >= 0.3 is 6.03 Å². The smallest absolute Gasteiger partial charge is 0.314 e. The van der Waals surface area contributed by atoms with Crippen molar-refractivity contribution in [2.75, 3.05) is 16.4 Å². The van der Waals surface area contributed by atoms with Gasteiger partial charge in [0.25, 0.3) is 0 Å². The molecule has 27 heavy (non-hydrogen) atoms. The molecule has 142 valence electrons. The summed E-state index contributed by atoms with van der Waals surface area (Å²) in [5.41, 5.74) is 3.68. The van der Waals surface area contributed by atoms with Crippen LogP contribution in [0.4, 0.5) is 10.5 Å². The van der Waals surface area contributed by atoms with Crippen LogP contribution in [0, 0.1) is 13.8 Å². The van der Waals surface area contributed by atoms with Crippen LogP contribution in [0.2, 0.25) is 5.02 Å². The largest absolute Gasteiger partial charge is 0.325 e. The number of hydrogen-bond donors (Lipinski definition) is 0. The van der Waals surface area contributed by atoms with E-state index in [1.165, 1.54) is 0 Å². The van der Waals surface area contributed by atoms with Crippen LogP contribution in [0.25, 0.3) is 0 Å². The normalized spacial score (nSPS) is 23.7. The van der Waals surface area contributed by atoms with Gasteiger partial charge in [-0.1, -0.05) is 35.9 Å². The molecule has 0 aliphatic carbocycles. The fourth-order valence-electron chi connectivity index (χ4n) is 4.05. The molecule has 0 N–H and O–H groups in total. The monoisotopic (exact) mass is 404 g/mol. The van der Waals surface area contributed by atoms with Gasteiger partial charge in [-0.05, 0) is 48.7 Å². The molecular formula is C20H21ClN2O3S. The molecule has 0 bridgehead atoms. The predicted molar refractivity (Wildman–Crippen MR) is 107 cm³/mol. The molecule has 2 atom stereocenters. The number of aryl methyl sites for hydroxylation is 2. The molecule has 5 nitrogen and oxygen atoms in total. The van der Waals surface area contributed by atoms with Gasteiger partial charge in [-0.15, -0.1) is 0 Å². The number of sulfone groups is 1. The lowest BCUT2D eigenvalue weighted by Crippen LogP contribution is -2.38. The molecule has 0 unspecified atom stereocenters. The number of amides is 2. The third-order valence-electron chi connectivity index (χ3n) is 5.34. The number of nitrogens with zero attached hydrogens (tertiary/aromatic N) is 2. The van der Waals surface area contributed by atoms with E-state index in [2.05, 4.69) is 0 Å². The number of halogens is 1. The summed E-state index contributed by atoms with van der Waals surface area (Å²) in [5.74, 6) is 0.00811. The highest BCUT2D eigenvalue weighted by molar-refractivity contribution is 7.91. The standard InChI is InChI=1S/C20H21ClN2O3S/c1-13-6-7-14(2)17(8-13)23-19-12-27(25,26)11-18(19)22(20(23)24)10-15-4-3-5-16(21)9-15/h3-9,18-19H,10-12H2,1-2H3/t18-,19-/m1/s1. The first-order valence-corrected chi connectivity index (χ1v) is 11.1. The summed E-state index contributed by atoms with van der Waals surface area (Å²) in [6, 6.07) is 12.4. The highest BCUT2D eigenvalue weighted by Gasteiger charge is 2.54. The predicted octanol–water partition coefficient (Wildman–Crippen LogP) is 3.56. The van der Waals surface area contributed by atoms with Gasteiger partial charge in [0.2, 0.25) is 0 Å². The minimum atomic E-state index is -3.19. The molecule has 2 aromatic rings. The number of fused-ring (bicyclic) bond motifs is 1. The SMILES string of the molecule is Cc1ccc(C)c(N2C(=O)N(Cc3cccc(Cl)c3)[C@@H]3CS(=O)(=O)C[C@H]32)c1. The number of carbonyl (C=O) groups is 1. The molecule has 4 rings (SSSR count). The summed E-state index contributed by atoms with van der Waals surface area (Å²) in [6.45, 7) is 4.26. The molecule has 2 fully saturated rings. The first kappa shape index (κ1) is 18.3. The summed E-state index contributed by atoms with van der Waals surface area (Å²) < 4.78 is 24.7. The summed E-state index contributed by atoms with van der Waals surface area (Å²) in [5, 5.41) is 0.598. The van der Waals surface area contributed by atoms with Crippen molar-refractivity contribution >= 4 is 33.2 Å². The lowest BCUT2D eigenvalue weighted by molar-refractivity contribution is 0.206. The van der Waals surface area contributed by atoms with Crippen LogP contribution in [0.15, 0.2) is 42.5 Å². The lowest BCUT2D eigenvalue weighted by Gasteiger charge is -2.24. The van der Waals surface area contributed by atoms with Crippen LogP contribution < -0.4 is 4.90 Å². The molecule has 0 aromatic heterocycles. The maximum absolute atomic E-state index is 13.3. The van der Waals surface area contributed by atoms with Crippen LogP contribution >= 0.6 is 11.6 Å². The third-order valence-corrected chi connectivity index (χ3v) is 7.28. The Morgan fingerprint density at radius 2 is 1.81 bits per heavy atom. The zero-order valence-electron chi connectivity index (χ0n) is 15.2. The van der Waals surface area contributed by atoms with E-state index in [1.807, 2.05) is 50.2 Å². The first-order valence-electron chi connectivity index (χ1n) is 8.87. The van der Waals surface area contributed by atoms with Gasteiger partial charge in [0.05, 0.1) is 23.6 Å². The number of urea groups is 1. The van der Waals surface area contributed by atoms with Crippen LogP contribution in [0.1, 0.15) is 16.7 Å². The molecule has 2 aliphatic heterocycles.